The number of unbranched alkanes of at least 4 members (excludes halogenated alkanes) is 2. The van der Waals surface area contributed by atoms with Crippen LogP contribution in [0.15, 0.2) is 36.4 Å². The summed E-state index contributed by atoms with van der Waals surface area (Å²) < 4.78 is 17.6. The lowest BCUT2D eigenvalue weighted by Crippen LogP contribution is -2.41. The van der Waals surface area contributed by atoms with E-state index < -0.39 is 11.8 Å². The van der Waals surface area contributed by atoms with Crippen LogP contribution in [-0.2, 0) is 14.3 Å². The Balaban J connectivity index is 1.97. The number of carbonyl (C=O) groups is 1. The lowest BCUT2D eigenvalue weighted by atomic mass is 9.91. The van der Waals surface area contributed by atoms with Gasteiger partial charge in [-0.15, -0.1) is 0 Å². The number of hydrogen-bond acceptors (Lipinski definition) is 4. The van der Waals surface area contributed by atoms with E-state index in [2.05, 4.69) is 12.2 Å². The minimum absolute atomic E-state index is 0.0911. The third-order valence-electron chi connectivity index (χ3n) is 4.55. The molecule has 0 saturated carbocycles. The summed E-state index contributed by atoms with van der Waals surface area (Å²) in [5.41, 5.74) is 1.05. The van der Waals surface area contributed by atoms with E-state index in [1.54, 1.807) is 7.11 Å². The molecule has 5 heteroatoms. The van der Waals surface area contributed by atoms with Crippen molar-refractivity contribution in [1.82, 2.24) is 0 Å². The number of carboxylic acids is 1. The first kappa shape index (κ1) is 20.5. The second kappa shape index (κ2) is 9.74. The van der Waals surface area contributed by atoms with E-state index in [4.69, 9.17) is 19.3 Å². The quantitative estimate of drug-likeness (QED) is 0.508. The predicted molar refractivity (Wildman–Crippen MR) is 100 cm³/mol. The molecule has 1 fully saturated rings. The van der Waals surface area contributed by atoms with Gasteiger partial charge in [0.2, 0.25) is 0 Å². The van der Waals surface area contributed by atoms with Crippen LogP contribution in [0.2, 0.25) is 0 Å². The molecule has 0 amide bonds. The lowest BCUT2D eigenvalue weighted by Gasteiger charge is -2.41. The highest BCUT2D eigenvalue weighted by molar-refractivity contribution is 5.66. The zero-order valence-electron chi connectivity index (χ0n) is 15.9. The highest BCUT2D eigenvalue weighted by Crippen LogP contribution is 2.41. The van der Waals surface area contributed by atoms with Crippen molar-refractivity contribution in [3.8, 4) is 5.75 Å². The van der Waals surface area contributed by atoms with Crippen molar-refractivity contribution in [3.63, 3.8) is 0 Å². The molecule has 1 aliphatic heterocycles. The van der Waals surface area contributed by atoms with Crippen molar-refractivity contribution < 1.29 is 24.1 Å². The summed E-state index contributed by atoms with van der Waals surface area (Å²) in [5, 5.41) is 8.65. The minimum atomic E-state index is -0.729. The topological polar surface area (TPSA) is 65.0 Å². The molecule has 1 aromatic carbocycles. The summed E-state index contributed by atoms with van der Waals surface area (Å²) in [6.45, 7) is 4.49. The summed E-state index contributed by atoms with van der Waals surface area (Å²) in [6.07, 6.45) is 7.77. The van der Waals surface area contributed by atoms with Gasteiger partial charge < -0.3 is 19.3 Å². The van der Waals surface area contributed by atoms with Gasteiger partial charge in [-0.25, -0.2) is 0 Å². The molecular formula is C21H30O5. The largest absolute Gasteiger partial charge is 0.496 e. The molecule has 144 valence electrons. The van der Waals surface area contributed by atoms with Gasteiger partial charge in [-0.05, 0) is 45.6 Å². The van der Waals surface area contributed by atoms with Crippen LogP contribution in [-0.4, -0.2) is 30.6 Å². The van der Waals surface area contributed by atoms with Crippen molar-refractivity contribution in [2.45, 2.75) is 57.8 Å². The lowest BCUT2D eigenvalue weighted by molar-refractivity contribution is -0.295. The zero-order chi connectivity index (χ0) is 19.0. The van der Waals surface area contributed by atoms with Gasteiger partial charge in [0.15, 0.2) is 5.79 Å². The molecule has 2 atom stereocenters. The number of rotatable bonds is 9. The number of ether oxygens (including phenoxy) is 3. The number of aliphatic carboxylic acids is 1. The van der Waals surface area contributed by atoms with E-state index >= 15 is 0 Å². The number of methoxy groups -OCH3 is 1. The monoisotopic (exact) mass is 362 g/mol. The van der Waals surface area contributed by atoms with Crippen LogP contribution in [0.3, 0.4) is 0 Å². The Morgan fingerprint density at radius 3 is 2.81 bits per heavy atom. The zero-order valence-corrected chi connectivity index (χ0v) is 15.9. The number of benzene rings is 1. The normalized spacial score (nSPS) is 22.4. The average Bonchev–Trinajstić information content (AvgIpc) is 2.61. The van der Waals surface area contributed by atoms with E-state index in [0.29, 0.717) is 13.0 Å². The van der Waals surface area contributed by atoms with Crippen LogP contribution >= 0.6 is 0 Å². The van der Waals surface area contributed by atoms with Crippen LogP contribution < -0.4 is 4.74 Å². The fourth-order valence-electron chi connectivity index (χ4n) is 3.17. The van der Waals surface area contributed by atoms with Crippen molar-refractivity contribution in [2.24, 2.45) is 5.92 Å². The van der Waals surface area contributed by atoms with Crippen molar-refractivity contribution >= 4 is 5.97 Å². The van der Waals surface area contributed by atoms with Crippen molar-refractivity contribution in [1.29, 1.82) is 0 Å². The first-order chi connectivity index (χ1) is 12.4. The summed E-state index contributed by atoms with van der Waals surface area (Å²) in [7, 11) is 1.68. The Labute approximate surface area is 156 Å². The molecule has 1 saturated heterocycles. The van der Waals surface area contributed by atoms with Gasteiger partial charge in [0.25, 0.3) is 0 Å². The SMILES string of the molecule is COc1ccccc1C1OC(C)(C)OCC1CC=CCCCCC(=O)O. The summed E-state index contributed by atoms with van der Waals surface area (Å²) in [4.78, 5) is 10.5. The number of hydrogen-bond donors (Lipinski definition) is 1. The second-order valence-corrected chi connectivity index (χ2v) is 7.10. The van der Waals surface area contributed by atoms with Gasteiger partial charge in [-0.2, -0.15) is 0 Å². The maximum Gasteiger partial charge on any atom is 0.303 e. The Morgan fingerprint density at radius 1 is 1.31 bits per heavy atom. The highest BCUT2D eigenvalue weighted by Gasteiger charge is 2.37. The standard InChI is InChI=1S/C21H30O5/c1-21(2)25-15-16(11-7-5-4-6-8-14-19(22)23)20(26-21)17-12-9-10-13-18(17)24-3/h5,7,9-10,12-13,16,20H,4,6,8,11,14-15H2,1-3H3,(H,22,23). The van der Waals surface area contributed by atoms with E-state index in [9.17, 15) is 4.79 Å². The van der Waals surface area contributed by atoms with Gasteiger partial charge in [-0.1, -0.05) is 30.4 Å². The molecule has 0 spiro atoms. The number of para-hydroxylation sites is 1. The average molecular weight is 362 g/mol. The van der Waals surface area contributed by atoms with Crippen LogP contribution in [0.25, 0.3) is 0 Å². The number of carboxylic acid groups (broad SMARTS) is 1. The molecule has 1 N–H and O–H groups in total. The summed E-state index contributed by atoms with van der Waals surface area (Å²) in [6, 6.07) is 7.96. The minimum Gasteiger partial charge on any atom is -0.496 e. The molecule has 2 rings (SSSR count). The van der Waals surface area contributed by atoms with Crippen LogP contribution in [0.1, 0.15) is 57.6 Å². The molecule has 26 heavy (non-hydrogen) atoms. The van der Waals surface area contributed by atoms with Crippen molar-refractivity contribution in [2.75, 3.05) is 13.7 Å². The molecule has 1 aliphatic rings. The van der Waals surface area contributed by atoms with Crippen LogP contribution in [0, 0.1) is 5.92 Å². The maximum absolute atomic E-state index is 10.5. The Bertz CT molecular complexity index is 608. The summed E-state index contributed by atoms with van der Waals surface area (Å²) in [5.74, 6) is -0.317. The summed E-state index contributed by atoms with van der Waals surface area (Å²) >= 11 is 0. The van der Waals surface area contributed by atoms with Gasteiger partial charge in [-0.3, -0.25) is 4.79 Å². The smallest absolute Gasteiger partial charge is 0.303 e. The Morgan fingerprint density at radius 2 is 2.08 bits per heavy atom. The molecule has 0 bridgehead atoms. The Kier molecular flexibility index (Phi) is 7.66. The molecule has 1 heterocycles. The van der Waals surface area contributed by atoms with Gasteiger partial charge in [0.05, 0.1) is 19.8 Å². The predicted octanol–water partition coefficient (Wildman–Crippen LogP) is 4.73. The van der Waals surface area contributed by atoms with Gasteiger partial charge in [0, 0.05) is 17.9 Å². The van der Waals surface area contributed by atoms with E-state index in [1.807, 2.05) is 38.1 Å². The Hall–Kier alpha value is -1.85. The van der Waals surface area contributed by atoms with Crippen LogP contribution in [0.4, 0.5) is 0 Å². The highest BCUT2D eigenvalue weighted by atomic mass is 16.7. The number of allylic oxidation sites excluding steroid dienone is 2. The molecular weight excluding hydrogens is 332 g/mol. The van der Waals surface area contributed by atoms with Crippen molar-refractivity contribution in [3.05, 3.63) is 42.0 Å². The molecule has 1 aromatic rings. The maximum atomic E-state index is 10.5. The molecule has 0 aromatic heterocycles. The fraction of sp³-hybridized carbons (Fsp3) is 0.571. The van der Waals surface area contributed by atoms with E-state index in [0.717, 1.165) is 30.6 Å². The molecule has 0 radical (unpaired) electrons. The third-order valence-corrected chi connectivity index (χ3v) is 4.55. The van der Waals surface area contributed by atoms with E-state index in [1.165, 1.54) is 0 Å². The van der Waals surface area contributed by atoms with E-state index in [-0.39, 0.29) is 18.4 Å². The molecule has 0 aliphatic carbocycles. The van der Waals surface area contributed by atoms with Gasteiger partial charge in [0.1, 0.15) is 5.75 Å². The molecule has 5 nitrogen and oxygen atoms in total. The molecule has 2 unspecified atom stereocenters. The first-order valence-corrected chi connectivity index (χ1v) is 9.24. The van der Waals surface area contributed by atoms with Crippen LogP contribution in [0.5, 0.6) is 5.75 Å². The fourth-order valence-corrected chi connectivity index (χ4v) is 3.17. The third kappa shape index (κ3) is 6.15. The van der Waals surface area contributed by atoms with Gasteiger partial charge >= 0.3 is 5.97 Å². The second-order valence-electron chi connectivity index (χ2n) is 7.10. The first-order valence-electron chi connectivity index (χ1n) is 9.24.